The SMILES string of the molecule is COc1cc(/C=C(/C#N)C(=O)Nc2cccc(C(=O)O)c2)cc(Cl)c1O. The number of carbonyl (C=O) groups excluding carboxylic acids is 1. The third-order valence-corrected chi connectivity index (χ3v) is 3.60. The van der Waals surface area contributed by atoms with Crippen molar-refractivity contribution in [3.63, 3.8) is 0 Å². The Bertz CT molecular complexity index is 947. The molecule has 0 aliphatic heterocycles. The van der Waals surface area contributed by atoms with E-state index in [1.165, 1.54) is 49.6 Å². The molecule has 2 aromatic rings. The quantitative estimate of drug-likeness (QED) is 0.547. The van der Waals surface area contributed by atoms with E-state index in [1.807, 2.05) is 0 Å². The molecule has 0 spiro atoms. The Morgan fingerprint density at radius 1 is 1.31 bits per heavy atom. The van der Waals surface area contributed by atoms with Gasteiger partial charge in [-0.25, -0.2) is 4.79 Å². The number of anilines is 1. The molecule has 0 saturated carbocycles. The van der Waals surface area contributed by atoms with E-state index in [0.717, 1.165) is 0 Å². The number of nitrogens with zero attached hydrogens (tertiary/aromatic N) is 1. The predicted molar refractivity (Wildman–Crippen MR) is 95.3 cm³/mol. The lowest BCUT2D eigenvalue weighted by Crippen LogP contribution is -2.14. The zero-order valence-corrected chi connectivity index (χ0v) is 14.2. The van der Waals surface area contributed by atoms with Crippen molar-refractivity contribution in [2.45, 2.75) is 0 Å². The van der Waals surface area contributed by atoms with Crippen LogP contribution in [0.1, 0.15) is 15.9 Å². The van der Waals surface area contributed by atoms with Gasteiger partial charge in [0.15, 0.2) is 11.5 Å². The molecule has 8 heteroatoms. The molecular weight excluding hydrogens is 360 g/mol. The topological polar surface area (TPSA) is 120 Å². The first kappa shape index (κ1) is 18.8. The molecule has 7 nitrogen and oxygen atoms in total. The highest BCUT2D eigenvalue weighted by molar-refractivity contribution is 6.32. The highest BCUT2D eigenvalue weighted by Crippen LogP contribution is 2.35. The van der Waals surface area contributed by atoms with Gasteiger partial charge in [0.05, 0.1) is 17.7 Å². The van der Waals surface area contributed by atoms with E-state index < -0.39 is 11.9 Å². The number of hydrogen-bond acceptors (Lipinski definition) is 5. The molecule has 0 saturated heterocycles. The van der Waals surface area contributed by atoms with Crippen molar-refractivity contribution in [3.05, 3.63) is 58.1 Å². The Labute approximate surface area is 153 Å². The number of amides is 1. The Kier molecular flexibility index (Phi) is 5.83. The number of halogens is 1. The fourth-order valence-electron chi connectivity index (χ4n) is 2.08. The van der Waals surface area contributed by atoms with Gasteiger partial charge in [0.2, 0.25) is 0 Å². The van der Waals surface area contributed by atoms with Crippen LogP contribution in [0.2, 0.25) is 5.02 Å². The first-order valence-electron chi connectivity index (χ1n) is 7.18. The van der Waals surface area contributed by atoms with Crippen molar-refractivity contribution in [3.8, 4) is 17.6 Å². The maximum atomic E-state index is 12.3. The number of nitrogens with one attached hydrogen (secondary N) is 1. The van der Waals surface area contributed by atoms with Crippen LogP contribution >= 0.6 is 11.6 Å². The number of carboxylic acid groups (broad SMARTS) is 1. The summed E-state index contributed by atoms with van der Waals surface area (Å²) in [4.78, 5) is 23.2. The lowest BCUT2D eigenvalue weighted by molar-refractivity contribution is -0.112. The van der Waals surface area contributed by atoms with Crippen LogP contribution in [0.4, 0.5) is 5.69 Å². The van der Waals surface area contributed by atoms with Crippen molar-refractivity contribution in [2.24, 2.45) is 0 Å². The summed E-state index contributed by atoms with van der Waals surface area (Å²) in [6, 6.07) is 10.2. The molecule has 132 valence electrons. The summed E-state index contributed by atoms with van der Waals surface area (Å²) in [6.45, 7) is 0. The standard InChI is InChI=1S/C18H13ClN2O5/c1-26-15-7-10(6-14(19)16(15)22)5-12(9-20)17(23)21-13-4-2-3-11(8-13)18(24)25/h2-8,22H,1H3,(H,21,23)(H,24,25)/b12-5-. The smallest absolute Gasteiger partial charge is 0.335 e. The van der Waals surface area contributed by atoms with E-state index in [0.29, 0.717) is 5.56 Å². The van der Waals surface area contributed by atoms with Crippen molar-refractivity contribution in [2.75, 3.05) is 12.4 Å². The van der Waals surface area contributed by atoms with E-state index >= 15 is 0 Å². The van der Waals surface area contributed by atoms with Gasteiger partial charge >= 0.3 is 5.97 Å². The molecule has 3 N–H and O–H groups in total. The number of carbonyl (C=O) groups is 2. The molecule has 2 aromatic carbocycles. The summed E-state index contributed by atoms with van der Waals surface area (Å²) in [5, 5.41) is 30.4. The van der Waals surface area contributed by atoms with Crippen LogP contribution in [0.15, 0.2) is 42.0 Å². The van der Waals surface area contributed by atoms with Gasteiger partial charge in [-0.15, -0.1) is 0 Å². The fraction of sp³-hybridized carbons (Fsp3) is 0.0556. The summed E-state index contributed by atoms with van der Waals surface area (Å²) in [5.41, 5.74) is 0.364. The van der Waals surface area contributed by atoms with Crippen LogP contribution in [0.3, 0.4) is 0 Å². The summed E-state index contributed by atoms with van der Waals surface area (Å²) in [7, 11) is 1.34. The van der Waals surface area contributed by atoms with Crippen LogP contribution in [-0.4, -0.2) is 29.2 Å². The summed E-state index contributed by atoms with van der Waals surface area (Å²) >= 11 is 5.88. The highest BCUT2D eigenvalue weighted by atomic mass is 35.5. The van der Waals surface area contributed by atoms with E-state index in [2.05, 4.69) is 5.32 Å². The number of aromatic carboxylic acids is 1. The summed E-state index contributed by atoms with van der Waals surface area (Å²) in [6.07, 6.45) is 1.27. The monoisotopic (exact) mass is 372 g/mol. The maximum absolute atomic E-state index is 12.3. The molecule has 0 heterocycles. The number of benzene rings is 2. The first-order chi connectivity index (χ1) is 12.3. The molecule has 0 atom stereocenters. The number of aromatic hydroxyl groups is 1. The number of phenols is 1. The average Bonchev–Trinajstić information content (AvgIpc) is 2.62. The summed E-state index contributed by atoms with van der Waals surface area (Å²) in [5.74, 6) is -2.02. The molecule has 0 aliphatic rings. The molecule has 0 fully saturated rings. The zero-order valence-electron chi connectivity index (χ0n) is 13.5. The van der Waals surface area contributed by atoms with Crippen LogP contribution in [0.5, 0.6) is 11.5 Å². The van der Waals surface area contributed by atoms with Crippen LogP contribution in [0.25, 0.3) is 6.08 Å². The van der Waals surface area contributed by atoms with Crippen molar-refractivity contribution in [1.82, 2.24) is 0 Å². The lowest BCUT2D eigenvalue weighted by atomic mass is 10.1. The van der Waals surface area contributed by atoms with E-state index in [-0.39, 0.29) is 33.3 Å². The number of phenolic OH excluding ortho intramolecular Hbond substituents is 1. The van der Waals surface area contributed by atoms with E-state index in [1.54, 1.807) is 6.07 Å². The number of hydrogen-bond donors (Lipinski definition) is 3. The third-order valence-electron chi connectivity index (χ3n) is 3.31. The van der Waals surface area contributed by atoms with Crippen LogP contribution in [-0.2, 0) is 4.79 Å². The minimum Gasteiger partial charge on any atom is -0.503 e. The maximum Gasteiger partial charge on any atom is 0.335 e. The van der Waals surface area contributed by atoms with Crippen LogP contribution < -0.4 is 10.1 Å². The first-order valence-corrected chi connectivity index (χ1v) is 7.56. The molecule has 26 heavy (non-hydrogen) atoms. The van der Waals surface area contributed by atoms with Gasteiger partial charge in [-0.05, 0) is 42.0 Å². The predicted octanol–water partition coefficient (Wildman–Crippen LogP) is 3.30. The Morgan fingerprint density at radius 2 is 2.04 bits per heavy atom. The number of carboxylic acids is 1. The normalized spacial score (nSPS) is 10.7. The fourth-order valence-corrected chi connectivity index (χ4v) is 2.30. The Balaban J connectivity index is 2.31. The number of nitriles is 1. The summed E-state index contributed by atoms with van der Waals surface area (Å²) < 4.78 is 4.97. The molecule has 0 aromatic heterocycles. The minimum absolute atomic E-state index is 0.000315. The number of ether oxygens (including phenoxy) is 1. The second-order valence-electron chi connectivity index (χ2n) is 5.06. The van der Waals surface area contributed by atoms with Gasteiger partial charge in [-0.3, -0.25) is 4.79 Å². The molecule has 0 radical (unpaired) electrons. The van der Waals surface area contributed by atoms with Gasteiger partial charge in [0.1, 0.15) is 11.6 Å². The van der Waals surface area contributed by atoms with E-state index in [9.17, 15) is 20.0 Å². The van der Waals surface area contributed by atoms with Gasteiger partial charge in [-0.2, -0.15) is 5.26 Å². The van der Waals surface area contributed by atoms with Gasteiger partial charge in [-0.1, -0.05) is 17.7 Å². The van der Waals surface area contributed by atoms with Gasteiger partial charge in [0.25, 0.3) is 5.91 Å². The molecular formula is C18H13ClN2O5. The number of rotatable bonds is 5. The lowest BCUT2D eigenvalue weighted by Gasteiger charge is -2.08. The Hall–Kier alpha value is -3.50. The van der Waals surface area contributed by atoms with Crippen LogP contribution in [0, 0.1) is 11.3 Å². The second kappa shape index (κ2) is 8.05. The highest BCUT2D eigenvalue weighted by Gasteiger charge is 2.13. The molecule has 0 unspecified atom stereocenters. The minimum atomic E-state index is -1.14. The molecule has 0 aliphatic carbocycles. The van der Waals surface area contributed by atoms with Gasteiger partial charge < -0.3 is 20.3 Å². The second-order valence-corrected chi connectivity index (χ2v) is 5.47. The van der Waals surface area contributed by atoms with Crippen molar-refractivity contribution < 1.29 is 24.5 Å². The van der Waals surface area contributed by atoms with Crippen molar-refractivity contribution >= 4 is 35.2 Å². The van der Waals surface area contributed by atoms with Crippen molar-refractivity contribution in [1.29, 1.82) is 5.26 Å². The Morgan fingerprint density at radius 3 is 2.65 bits per heavy atom. The number of methoxy groups -OCH3 is 1. The molecule has 1 amide bonds. The average molecular weight is 373 g/mol. The van der Waals surface area contributed by atoms with Gasteiger partial charge in [0, 0.05) is 5.69 Å². The zero-order chi connectivity index (χ0) is 19.3. The molecule has 2 rings (SSSR count). The van der Waals surface area contributed by atoms with E-state index in [4.69, 9.17) is 21.4 Å². The largest absolute Gasteiger partial charge is 0.503 e. The molecule has 0 bridgehead atoms. The third kappa shape index (κ3) is 4.32.